The molecule has 0 heterocycles. The van der Waals surface area contributed by atoms with Gasteiger partial charge in [0.05, 0.1) is 0 Å². The fourth-order valence-electron chi connectivity index (χ4n) is 2.68. The van der Waals surface area contributed by atoms with Crippen LogP contribution in [0.4, 0.5) is 5.69 Å². The zero-order valence-corrected chi connectivity index (χ0v) is 18.5. The van der Waals surface area contributed by atoms with Crippen molar-refractivity contribution in [3.8, 4) is 11.8 Å². The molecular formula is C24H18BrClN2O2. The standard InChI is InChI=1S/C24H18BrClN2O2/c1-16-22(26)7-4-8-23(16)28-24(29)19(14-27)13-17-9-11-20(12-10-17)30-15-18-5-2-3-6-21(18)25/h2-13H,15H2,1H3,(H,28,29)/b19-13+. The summed E-state index contributed by atoms with van der Waals surface area (Å²) in [5, 5.41) is 12.7. The third-order valence-corrected chi connectivity index (χ3v) is 5.61. The Kier molecular flexibility index (Phi) is 7.29. The number of benzene rings is 3. The molecule has 150 valence electrons. The molecule has 1 amide bonds. The Labute approximate surface area is 188 Å². The van der Waals surface area contributed by atoms with Gasteiger partial charge in [0.1, 0.15) is 24.0 Å². The molecular weight excluding hydrogens is 464 g/mol. The molecule has 3 aromatic rings. The van der Waals surface area contributed by atoms with Crippen molar-refractivity contribution in [3.63, 3.8) is 0 Å². The van der Waals surface area contributed by atoms with Crippen molar-refractivity contribution >= 4 is 45.2 Å². The van der Waals surface area contributed by atoms with E-state index in [4.69, 9.17) is 16.3 Å². The highest BCUT2D eigenvalue weighted by atomic mass is 79.9. The fourth-order valence-corrected chi connectivity index (χ4v) is 3.26. The molecule has 0 aromatic heterocycles. The Morgan fingerprint density at radius 3 is 2.57 bits per heavy atom. The Morgan fingerprint density at radius 2 is 1.87 bits per heavy atom. The van der Waals surface area contributed by atoms with Crippen LogP contribution in [-0.2, 0) is 11.4 Å². The number of anilines is 1. The molecule has 0 saturated heterocycles. The summed E-state index contributed by atoms with van der Waals surface area (Å²) in [7, 11) is 0. The van der Waals surface area contributed by atoms with Crippen LogP contribution < -0.4 is 10.1 Å². The van der Waals surface area contributed by atoms with Gasteiger partial charge in [-0.15, -0.1) is 0 Å². The van der Waals surface area contributed by atoms with Gasteiger partial charge in [0, 0.05) is 20.7 Å². The van der Waals surface area contributed by atoms with Crippen LogP contribution in [0.15, 0.2) is 76.8 Å². The van der Waals surface area contributed by atoms with Gasteiger partial charge in [0.2, 0.25) is 0 Å². The Balaban J connectivity index is 1.68. The van der Waals surface area contributed by atoms with E-state index in [9.17, 15) is 10.1 Å². The summed E-state index contributed by atoms with van der Waals surface area (Å²) in [4.78, 5) is 12.5. The first-order valence-electron chi connectivity index (χ1n) is 9.12. The molecule has 30 heavy (non-hydrogen) atoms. The van der Waals surface area contributed by atoms with Gasteiger partial charge < -0.3 is 10.1 Å². The normalized spacial score (nSPS) is 10.9. The first-order valence-corrected chi connectivity index (χ1v) is 10.3. The van der Waals surface area contributed by atoms with E-state index >= 15 is 0 Å². The number of carbonyl (C=O) groups excluding carboxylic acids is 1. The van der Waals surface area contributed by atoms with Gasteiger partial charge in [-0.05, 0) is 54.5 Å². The average molecular weight is 482 g/mol. The predicted octanol–water partition coefficient (Wildman–Crippen LogP) is 6.54. The second-order valence-corrected chi connectivity index (χ2v) is 7.75. The van der Waals surface area contributed by atoms with Gasteiger partial charge in [-0.1, -0.05) is 63.9 Å². The maximum Gasteiger partial charge on any atom is 0.266 e. The van der Waals surface area contributed by atoms with Gasteiger partial charge in [-0.3, -0.25) is 4.79 Å². The maximum absolute atomic E-state index is 12.5. The van der Waals surface area contributed by atoms with Crippen molar-refractivity contribution in [2.75, 3.05) is 5.32 Å². The van der Waals surface area contributed by atoms with Crippen LogP contribution in [0, 0.1) is 18.3 Å². The highest BCUT2D eigenvalue weighted by Crippen LogP contribution is 2.24. The number of hydrogen-bond acceptors (Lipinski definition) is 3. The number of amides is 1. The quantitative estimate of drug-likeness (QED) is 0.321. The molecule has 3 rings (SSSR count). The highest BCUT2D eigenvalue weighted by molar-refractivity contribution is 9.10. The van der Waals surface area contributed by atoms with E-state index < -0.39 is 5.91 Å². The summed E-state index contributed by atoms with van der Waals surface area (Å²) in [5.74, 6) is 0.206. The molecule has 0 aliphatic carbocycles. The minimum atomic E-state index is -0.489. The summed E-state index contributed by atoms with van der Waals surface area (Å²) in [6.07, 6.45) is 1.53. The Bertz CT molecular complexity index is 1130. The van der Waals surface area contributed by atoms with Crippen molar-refractivity contribution in [1.29, 1.82) is 5.26 Å². The monoisotopic (exact) mass is 480 g/mol. The highest BCUT2D eigenvalue weighted by Gasteiger charge is 2.12. The van der Waals surface area contributed by atoms with Crippen molar-refractivity contribution in [2.45, 2.75) is 13.5 Å². The zero-order chi connectivity index (χ0) is 21.5. The van der Waals surface area contributed by atoms with E-state index in [0.29, 0.717) is 23.1 Å². The Hall–Kier alpha value is -3.07. The van der Waals surface area contributed by atoms with E-state index in [1.54, 1.807) is 49.4 Å². The molecule has 0 aliphatic heterocycles. The van der Waals surface area contributed by atoms with Crippen molar-refractivity contribution in [3.05, 3.63) is 98.5 Å². The molecule has 4 nitrogen and oxygen atoms in total. The van der Waals surface area contributed by atoms with Crippen LogP contribution in [0.25, 0.3) is 6.08 Å². The first kappa shape index (κ1) is 21.6. The lowest BCUT2D eigenvalue weighted by Crippen LogP contribution is -2.14. The van der Waals surface area contributed by atoms with E-state index in [1.807, 2.05) is 30.3 Å². The largest absolute Gasteiger partial charge is 0.489 e. The number of ether oxygens (including phenoxy) is 1. The second-order valence-electron chi connectivity index (χ2n) is 6.49. The van der Waals surface area contributed by atoms with Crippen LogP contribution in [0.5, 0.6) is 5.75 Å². The number of nitrogens with zero attached hydrogens (tertiary/aromatic N) is 1. The first-order chi connectivity index (χ1) is 14.5. The average Bonchev–Trinajstić information content (AvgIpc) is 2.75. The van der Waals surface area contributed by atoms with Gasteiger partial charge >= 0.3 is 0 Å². The molecule has 0 fully saturated rings. The molecule has 6 heteroatoms. The minimum Gasteiger partial charge on any atom is -0.489 e. The molecule has 1 N–H and O–H groups in total. The smallest absolute Gasteiger partial charge is 0.266 e. The molecule has 0 aliphatic rings. The van der Waals surface area contributed by atoms with Crippen LogP contribution in [-0.4, -0.2) is 5.91 Å². The number of nitrogens with one attached hydrogen (secondary N) is 1. The van der Waals surface area contributed by atoms with E-state index in [2.05, 4.69) is 21.2 Å². The number of hydrogen-bond donors (Lipinski definition) is 1. The number of rotatable bonds is 6. The lowest BCUT2D eigenvalue weighted by molar-refractivity contribution is -0.112. The van der Waals surface area contributed by atoms with E-state index in [1.165, 1.54) is 6.08 Å². The number of halogens is 2. The fraction of sp³-hybridized carbons (Fsp3) is 0.0833. The van der Waals surface area contributed by atoms with Crippen molar-refractivity contribution in [1.82, 2.24) is 0 Å². The zero-order valence-electron chi connectivity index (χ0n) is 16.2. The SMILES string of the molecule is Cc1c(Cl)cccc1NC(=O)/C(C#N)=C/c1ccc(OCc2ccccc2Br)cc1. The topological polar surface area (TPSA) is 62.1 Å². The lowest BCUT2D eigenvalue weighted by Gasteiger charge is -2.09. The Morgan fingerprint density at radius 1 is 1.13 bits per heavy atom. The molecule has 0 spiro atoms. The predicted molar refractivity (Wildman–Crippen MR) is 123 cm³/mol. The van der Waals surface area contributed by atoms with Crippen molar-refractivity contribution in [2.24, 2.45) is 0 Å². The van der Waals surface area contributed by atoms with Crippen LogP contribution in [0.1, 0.15) is 16.7 Å². The van der Waals surface area contributed by atoms with Gasteiger partial charge in [-0.25, -0.2) is 0 Å². The summed E-state index contributed by atoms with van der Waals surface area (Å²) < 4.78 is 6.79. The van der Waals surface area contributed by atoms with Crippen LogP contribution >= 0.6 is 27.5 Å². The summed E-state index contributed by atoms with van der Waals surface area (Å²) in [6, 6.07) is 22.2. The van der Waals surface area contributed by atoms with E-state index in [0.717, 1.165) is 21.2 Å². The van der Waals surface area contributed by atoms with Gasteiger partial charge in [0.25, 0.3) is 5.91 Å². The molecule has 0 saturated carbocycles. The molecule has 0 radical (unpaired) electrons. The van der Waals surface area contributed by atoms with Crippen molar-refractivity contribution < 1.29 is 9.53 Å². The summed E-state index contributed by atoms with van der Waals surface area (Å²) >= 11 is 9.58. The van der Waals surface area contributed by atoms with Gasteiger partial charge in [0.15, 0.2) is 0 Å². The molecule has 0 bridgehead atoms. The third kappa shape index (κ3) is 5.50. The maximum atomic E-state index is 12.5. The van der Waals surface area contributed by atoms with Crippen LogP contribution in [0.3, 0.4) is 0 Å². The number of carbonyl (C=O) groups is 1. The summed E-state index contributed by atoms with van der Waals surface area (Å²) in [6.45, 7) is 2.24. The van der Waals surface area contributed by atoms with Gasteiger partial charge in [-0.2, -0.15) is 5.26 Å². The molecule has 0 atom stereocenters. The minimum absolute atomic E-state index is 0.00346. The lowest BCUT2D eigenvalue weighted by atomic mass is 10.1. The third-order valence-electron chi connectivity index (χ3n) is 4.42. The molecule has 0 unspecified atom stereocenters. The summed E-state index contributed by atoms with van der Waals surface area (Å²) in [5.41, 5.74) is 3.08. The van der Waals surface area contributed by atoms with Crippen LogP contribution in [0.2, 0.25) is 5.02 Å². The molecule has 3 aromatic carbocycles. The van der Waals surface area contributed by atoms with E-state index in [-0.39, 0.29) is 5.57 Å². The number of nitriles is 1. The second kappa shape index (κ2) is 10.1.